The topological polar surface area (TPSA) is 34.1 Å². The van der Waals surface area contributed by atoms with Crippen molar-refractivity contribution in [3.05, 3.63) is 0 Å². The molecule has 0 aromatic heterocycles. The van der Waals surface area contributed by atoms with Crippen LogP contribution in [0, 0.1) is 0 Å². The summed E-state index contributed by atoms with van der Waals surface area (Å²) >= 11 is 0. The van der Waals surface area contributed by atoms with Gasteiger partial charge in [0.1, 0.15) is 5.78 Å². The third-order valence-electron chi connectivity index (χ3n) is 2.27. The van der Waals surface area contributed by atoms with Gasteiger partial charge in [-0.15, -0.1) is 0 Å². The van der Waals surface area contributed by atoms with E-state index in [1.807, 2.05) is 0 Å². The first-order chi connectivity index (χ1) is 5.02. The molecule has 1 unspecified atom stereocenters. The first-order valence-electron chi connectivity index (χ1n) is 4.09. The molecule has 0 bridgehead atoms. The average molecular weight is 174 g/mol. The predicted molar refractivity (Wildman–Crippen MR) is 46.7 cm³/mol. The van der Waals surface area contributed by atoms with Crippen molar-refractivity contribution in [2.45, 2.75) is 31.3 Å². The van der Waals surface area contributed by atoms with Crippen molar-refractivity contribution in [1.29, 1.82) is 0 Å². The average Bonchev–Trinajstić information content (AvgIpc) is 1.86. The number of hydrogen-bond acceptors (Lipinski definition) is 2. The molecular formula is C8H15O2P. The molecule has 1 saturated carbocycles. The Labute approximate surface area is 67.7 Å². The van der Waals surface area contributed by atoms with Crippen LogP contribution >= 0.6 is 7.14 Å². The molecule has 0 N–H and O–H groups in total. The van der Waals surface area contributed by atoms with E-state index in [4.69, 9.17) is 0 Å². The van der Waals surface area contributed by atoms with Crippen LogP contribution in [-0.4, -0.2) is 24.8 Å². The lowest BCUT2D eigenvalue weighted by Crippen LogP contribution is -2.24. The van der Waals surface area contributed by atoms with E-state index in [1.54, 1.807) is 13.3 Å². The molecule has 1 atom stereocenters. The molecule has 0 spiro atoms. The molecule has 0 saturated heterocycles. The summed E-state index contributed by atoms with van der Waals surface area (Å²) in [7, 11) is -2.15. The SMILES string of the molecule is CP(C)(=O)C1CCCCC1=O. The van der Waals surface area contributed by atoms with Gasteiger partial charge in [0.25, 0.3) is 0 Å². The van der Waals surface area contributed by atoms with Crippen molar-refractivity contribution in [3.8, 4) is 0 Å². The summed E-state index contributed by atoms with van der Waals surface area (Å²) in [4.78, 5) is 11.3. The monoisotopic (exact) mass is 174 g/mol. The molecule has 0 aromatic carbocycles. The van der Waals surface area contributed by atoms with E-state index in [0.717, 1.165) is 19.3 Å². The zero-order valence-electron chi connectivity index (χ0n) is 7.17. The molecule has 0 amide bonds. The Morgan fingerprint density at radius 3 is 2.36 bits per heavy atom. The van der Waals surface area contributed by atoms with Gasteiger partial charge in [-0.25, -0.2) is 0 Å². The van der Waals surface area contributed by atoms with Crippen LogP contribution in [-0.2, 0) is 9.36 Å². The molecular weight excluding hydrogens is 159 g/mol. The molecule has 2 nitrogen and oxygen atoms in total. The fourth-order valence-corrected chi connectivity index (χ4v) is 3.25. The summed E-state index contributed by atoms with van der Waals surface area (Å²) in [5.41, 5.74) is -0.115. The Bertz CT molecular complexity index is 204. The first-order valence-corrected chi connectivity index (χ1v) is 6.76. The van der Waals surface area contributed by atoms with Crippen LogP contribution in [0.5, 0.6) is 0 Å². The van der Waals surface area contributed by atoms with Crippen LogP contribution in [0.25, 0.3) is 0 Å². The smallest absolute Gasteiger partial charge is 0.143 e. The van der Waals surface area contributed by atoms with Crippen LogP contribution < -0.4 is 0 Å². The molecule has 0 aliphatic heterocycles. The molecule has 1 rings (SSSR count). The lowest BCUT2D eigenvalue weighted by atomic mass is 9.99. The number of hydrogen-bond donors (Lipinski definition) is 0. The summed E-state index contributed by atoms with van der Waals surface area (Å²) < 4.78 is 11.6. The van der Waals surface area contributed by atoms with E-state index in [-0.39, 0.29) is 11.4 Å². The van der Waals surface area contributed by atoms with Crippen LogP contribution in [0.4, 0.5) is 0 Å². The Kier molecular flexibility index (Phi) is 2.54. The van der Waals surface area contributed by atoms with E-state index in [1.165, 1.54) is 0 Å². The second-order valence-corrected chi connectivity index (χ2v) is 7.15. The van der Waals surface area contributed by atoms with Crippen molar-refractivity contribution in [1.82, 2.24) is 0 Å². The van der Waals surface area contributed by atoms with Gasteiger partial charge >= 0.3 is 0 Å². The summed E-state index contributed by atoms with van der Waals surface area (Å²) in [5, 5.41) is 0. The second kappa shape index (κ2) is 3.10. The van der Waals surface area contributed by atoms with Gasteiger partial charge < -0.3 is 4.57 Å². The fraction of sp³-hybridized carbons (Fsp3) is 0.875. The van der Waals surface area contributed by atoms with Crippen LogP contribution in [0.15, 0.2) is 0 Å². The largest absolute Gasteiger partial charge is 0.323 e. The van der Waals surface area contributed by atoms with Crippen molar-refractivity contribution < 1.29 is 9.36 Å². The molecule has 1 aliphatic rings. The minimum atomic E-state index is -2.15. The summed E-state index contributed by atoms with van der Waals surface area (Å²) in [6.45, 7) is 3.45. The molecule has 1 fully saturated rings. The number of carbonyl (C=O) groups excluding carboxylic acids is 1. The van der Waals surface area contributed by atoms with Gasteiger partial charge in [-0.1, -0.05) is 6.42 Å². The third kappa shape index (κ3) is 2.16. The van der Waals surface area contributed by atoms with Crippen molar-refractivity contribution in [2.24, 2.45) is 0 Å². The highest BCUT2D eigenvalue weighted by atomic mass is 31.2. The van der Waals surface area contributed by atoms with E-state index in [9.17, 15) is 9.36 Å². The molecule has 0 radical (unpaired) electrons. The molecule has 0 heterocycles. The van der Waals surface area contributed by atoms with E-state index < -0.39 is 7.14 Å². The summed E-state index contributed by atoms with van der Waals surface area (Å²) in [6.07, 6.45) is 3.57. The zero-order chi connectivity index (χ0) is 8.48. The Hall–Kier alpha value is -0.100. The molecule has 3 heteroatoms. The predicted octanol–water partition coefficient (Wildman–Crippen LogP) is 2.12. The molecule has 0 aromatic rings. The van der Waals surface area contributed by atoms with Gasteiger partial charge in [-0.3, -0.25) is 4.79 Å². The Morgan fingerprint density at radius 1 is 1.36 bits per heavy atom. The standard InChI is InChI=1S/C8H15O2P/c1-11(2,10)8-6-4-3-5-7(8)9/h8H,3-6H2,1-2H3. The van der Waals surface area contributed by atoms with E-state index in [2.05, 4.69) is 0 Å². The highest BCUT2D eigenvalue weighted by Crippen LogP contribution is 2.47. The normalized spacial score (nSPS) is 27.1. The Morgan fingerprint density at radius 2 is 2.00 bits per heavy atom. The van der Waals surface area contributed by atoms with Crippen LogP contribution in [0.1, 0.15) is 25.7 Å². The maximum Gasteiger partial charge on any atom is 0.143 e. The number of rotatable bonds is 1. The quantitative estimate of drug-likeness (QED) is 0.570. The van der Waals surface area contributed by atoms with E-state index >= 15 is 0 Å². The molecule has 64 valence electrons. The lowest BCUT2D eigenvalue weighted by molar-refractivity contribution is -0.119. The molecule has 1 aliphatic carbocycles. The first kappa shape index (κ1) is 8.99. The number of carbonyl (C=O) groups is 1. The minimum absolute atomic E-state index is 0.115. The van der Waals surface area contributed by atoms with Gasteiger partial charge in [0.05, 0.1) is 12.8 Å². The molecule has 11 heavy (non-hydrogen) atoms. The van der Waals surface area contributed by atoms with Crippen LogP contribution in [0.3, 0.4) is 0 Å². The van der Waals surface area contributed by atoms with Crippen molar-refractivity contribution in [2.75, 3.05) is 13.3 Å². The maximum atomic E-state index is 11.6. The summed E-state index contributed by atoms with van der Waals surface area (Å²) in [5.74, 6) is 0.226. The Balaban J connectivity index is 2.70. The number of ketones is 1. The maximum absolute atomic E-state index is 11.6. The minimum Gasteiger partial charge on any atom is -0.323 e. The highest BCUT2D eigenvalue weighted by Gasteiger charge is 2.31. The highest BCUT2D eigenvalue weighted by molar-refractivity contribution is 7.64. The second-order valence-electron chi connectivity index (χ2n) is 3.66. The van der Waals surface area contributed by atoms with Gasteiger partial charge in [-0.2, -0.15) is 0 Å². The van der Waals surface area contributed by atoms with E-state index in [0.29, 0.717) is 6.42 Å². The lowest BCUT2D eigenvalue weighted by Gasteiger charge is -2.23. The van der Waals surface area contributed by atoms with Crippen molar-refractivity contribution >= 4 is 12.9 Å². The van der Waals surface area contributed by atoms with Gasteiger partial charge in [-0.05, 0) is 26.2 Å². The van der Waals surface area contributed by atoms with Gasteiger partial charge in [0.15, 0.2) is 0 Å². The van der Waals surface area contributed by atoms with Gasteiger partial charge in [0, 0.05) is 6.42 Å². The van der Waals surface area contributed by atoms with Crippen LogP contribution in [0.2, 0.25) is 0 Å². The number of Topliss-reactive ketones (excluding diaryl/α,β-unsaturated/α-hetero) is 1. The third-order valence-corrected chi connectivity index (χ3v) is 4.32. The van der Waals surface area contributed by atoms with Gasteiger partial charge in [0.2, 0.25) is 0 Å². The zero-order valence-corrected chi connectivity index (χ0v) is 8.06. The van der Waals surface area contributed by atoms with Crippen molar-refractivity contribution in [3.63, 3.8) is 0 Å². The fourth-order valence-electron chi connectivity index (χ4n) is 1.62. The summed E-state index contributed by atoms with van der Waals surface area (Å²) in [6, 6.07) is 0.